The lowest BCUT2D eigenvalue weighted by molar-refractivity contribution is 0.0950. The maximum Gasteiger partial charge on any atom is 0.254 e. The van der Waals surface area contributed by atoms with Gasteiger partial charge in [-0.3, -0.25) is 4.79 Å². The van der Waals surface area contributed by atoms with Gasteiger partial charge in [-0.1, -0.05) is 0 Å². The quantitative estimate of drug-likeness (QED) is 0.948. The van der Waals surface area contributed by atoms with E-state index in [0.717, 1.165) is 23.5 Å². The topological polar surface area (TPSA) is 54.9 Å². The molecule has 0 spiro atoms. The van der Waals surface area contributed by atoms with Gasteiger partial charge in [-0.25, -0.2) is 4.98 Å². The minimum Gasteiger partial charge on any atom is -0.351 e. The predicted molar refractivity (Wildman–Crippen MR) is 81.7 cm³/mol. The molecule has 0 unspecified atom stereocenters. The van der Waals surface area contributed by atoms with Crippen molar-refractivity contribution in [2.45, 2.75) is 39.0 Å². The Bertz CT molecular complexity index is 632. The molecule has 1 atom stereocenters. The first-order valence-electron chi connectivity index (χ1n) is 6.80. The van der Waals surface area contributed by atoms with Crippen molar-refractivity contribution in [2.75, 3.05) is 6.54 Å². The average molecular weight is 307 g/mol. The molecule has 0 radical (unpaired) electrons. The maximum absolute atomic E-state index is 12.1. The molecular formula is C14H17N3OS2. The van der Waals surface area contributed by atoms with Crippen LogP contribution in [0.15, 0.2) is 5.38 Å². The van der Waals surface area contributed by atoms with Crippen LogP contribution in [0.25, 0.3) is 0 Å². The van der Waals surface area contributed by atoms with E-state index in [1.807, 2.05) is 12.3 Å². The molecule has 2 heterocycles. The van der Waals surface area contributed by atoms with E-state index in [4.69, 9.17) is 0 Å². The summed E-state index contributed by atoms with van der Waals surface area (Å²) < 4.78 is 4.14. The summed E-state index contributed by atoms with van der Waals surface area (Å²) in [5, 5.41) is 5.98. The monoisotopic (exact) mass is 307 g/mol. The zero-order valence-electron chi connectivity index (χ0n) is 11.6. The molecule has 0 saturated heterocycles. The van der Waals surface area contributed by atoms with Crippen LogP contribution in [0.5, 0.6) is 0 Å². The van der Waals surface area contributed by atoms with Crippen LogP contribution in [0.1, 0.15) is 50.4 Å². The fraction of sp³-hybridized carbons (Fsp3) is 0.500. The molecule has 1 amide bonds. The highest BCUT2D eigenvalue weighted by molar-refractivity contribution is 7.11. The highest BCUT2D eigenvalue weighted by atomic mass is 32.1. The molecule has 2 aromatic heterocycles. The number of aromatic nitrogens is 2. The van der Waals surface area contributed by atoms with Crippen LogP contribution < -0.4 is 5.32 Å². The van der Waals surface area contributed by atoms with Crippen molar-refractivity contribution in [3.8, 4) is 0 Å². The minimum absolute atomic E-state index is 0.0182. The molecule has 0 aromatic carbocycles. The predicted octanol–water partition coefficient (Wildman–Crippen LogP) is 3.07. The second-order valence-electron chi connectivity index (χ2n) is 5.15. The standard InChI is InChI=1S/C14H17N3OS2/c1-8-11(7-19-17-8)14(18)15-6-10-4-3-5-12-13(10)16-9(2)20-12/h7,10H,3-6H2,1-2H3,(H,15,18)/t10-/m0/s1. The van der Waals surface area contributed by atoms with Gasteiger partial charge < -0.3 is 5.32 Å². The summed E-state index contributed by atoms with van der Waals surface area (Å²) in [5.41, 5.74) is 2.71. The Labute approximate surface area is 126 Å². The van der Waals surface area contributed by atoms with E-state index >= 15 is 0 Å². The average Bonchev–Trinajstić information content (AvgIpc) is 3.00. The number of fused-ring (bicyclic) bond motifs is 1. The number of nitrogens with zero attached hydrogens (tertiary/aromatic N) is 2. The summed E-state index contributed by atoms with van der Waals surface area (Å²) in [6.07, 6.45) is 3.43. The Morgan fingerprint density at radius 1 is 1.50 bits per heavy atom. The van der Waals surface area contributed by atoms with Crippen molar-refractivity contribution in [1.29, 1.82) is 0 Å². The van der Waals surface area contributed by atoms with Crippen LogP contribution in [-0.2, 0) is 6.42 Å². The van der Waals surface area contributed by atoms with Gasteiger partial charge in [0.25, 0.3) is 5.91 Å². The third-order valence-electron chi connectivity index (χ3n) is 3.68. The summed E-state index contributed by atoms with van der Waals surface area (Å²) in [6.45, 7) is 4.59. The van der Waals surface area contributed by atoms with E-state index in [9.17, 15) is 4.79 Å². The van der Waals surface area contributed by atoms with Crippen molar-refractivity contribution in [1.82, 2.24) is 14.7 Å². The van der Waals surface area contributed by atoms with Crippen LogP contribution in [0.3, 0.4) is 0 Å². The normalized spacial score (nSPS) is 17.8. The lowest BCUT2D eigenvalue weighted by atomic mass is 9.91. The lowest BCUT2D eigenvalue weighted by Gasteiger charge is -2.21. The molecule has 3 rings (SSSR count). The number of aryl methyl sites for hydroxylation is 3. The molecule has 106 valence electrons. The number of nitrogens with one attached hydrogen (secondary N) is 1. The largest absolute Gasteiger partial charge is 0.351 e. The molecular weight excluding hydrogens is 290 g/mol. The molecule has 2 aromatic rings. The van der Waals surface area contributed by atoms with Crippen molar-refractivity contribution in [3.05, 3.63) is 32.2 Å². The van der Waals surface area contributed by atoms with Gasteiger partial charge in [0, 0.05) is 22.7 Å². The van der Waals surface area contributed by atoms with Crippen LogP contribution in [0.2, 0.25) is 0 Å². The second-order valence-corrected chi connectivity index (χ2v) is 7.07. The van der Waals surface area contributed by atoms with E-state index in [1.165, 1.54) is 28.5 Å². The van der Waals surface area contributed by atoms with Crippen molar-refractivity contribution in [3.63, 3.8) is 0 Å². The number of hydrogen-bond donors (Lipinski definition) is 1. The van der Waals surface area contributed by atoms with Crippen LogP contribution >= 0.6 is 22.9 Å². The highest BCUT2D eigenvalue weighted by Crippen LogP contribution is 2.34. The van der Waals surface area contributed by atoms with E-state index < -0.39 is 0 Å². The van der Waals surface area contributed by atoms with E-state index in [2.05, 4.69) is 21.6 Å². The summed E-state index contributed by atoms with van der Waals surface area (Å²) in [7, 11) is 0. The molecule has 1 aliphatic rings. The number of carbonyl (C=O) groups is 1. The summed E-state index contributed by atoms with van der Waals surface area (Å²) in [4.78, 5) is 18.2. The Hall–Kier alpha value is -1.27. The molecule has 1 aliphatic carbocycles. The van der Waals surface area contributed by atoms with E-state index in [-0.39, 0.29) is 5.91 Å². The van der Waals surface area contributed by atoms with Gasteiger partial charge in [0.15, 0.2) is 0 Å². The molecule has 1 N–H and O–H groups in total. The summed E-state index contributed by atoms with van der Waals surface area (Å²) in [5.74, 6) is 0.342. The molecule has 6 heteroatoms. The van der Waals surface area contributed by atoms with Gasteiger partial charge in [-0.15, -0.1) is 11.3 Å². The molecule has 0 fully saturated rings. The first-order valence-corrected chi connectivity index (χ1v) is 8.46. The minimum atomic E-state index is -0.0182. The van der Waals surface area contributed by atoms with Gasteiger partial charge in [-0.2, -0.15) is 4.37 Å². The van der Waals surface area contributed by atoms with Gasteiger partial charge in [0.05, 0.1) is 22.0 Å². The highest BCUT2D eigenvalue weighted by Gasteiger charge is 2.24. The van der Waals surface area contributed by atoms with Gasteiger partial charge >= 0.3 is 0 Å². The smallest absolute Gasteiger partial charge is 0.254 e. The Morgan fingerprint density at radius 2 is 2.35 bits per heavy atom. The van der Waals surface area contributed by atoms with Crippen LogP contribution in [-0.4, -0.2) is 21.8 Å². The van der Waals surface area contributed by atoms with Crippen molar-refractivity contribution < 1.29 is 4.79 Å². The number of amides is 1. The third kappa shape index (κ3) is 2.62. The first-order chi connectivity index (χ1) is 9.65. The van der Waals surface area contributed by atoms with Gasteiger partial charge in [-0.05, 0) is 44.6 Å². The Kier molecular flexibility index (Phi) is 3.85. The Balaban J connectivity index is 1.68. The van der Waals surface area contributed by atoms with Gasteiger partial charge in [0.2, 0.25) is 0 Å². The summed E-state index contributed by atoms with van der Waals surface area (Å²) in [6, 6.07) is 0. The molecule has 0 bridgehead atoms. The number of hydrogen-bond acceptors (Lipinski definition) is 5. The second kappa shape index (κ2) is 5.61. The zero-order valence-corrected chi connectivity index (χ0v) is 13.2. The van der Waals surface area contributed by atoms with Crippen LogP contribution in [0.4, 0.5) is 0 Å². The zero-order chi connectivity index (χ0) is 14.1. The van der Waals surface area contributed by atoms with E-state index in [1.54, 1.807) is 11.3 Å². The van der Waals surface area contributed by atoms with Gasteiger partial charge in [0.1, 0.15) is 0 Å². The lowest BCUT2D eigenvalue weighted by Crippen LogP contribution is -2.30. The number of thiazole rings is 1. The molecule has 0 saturated carbocycles. The number of carbonyl (C=O) groups excluding carboxylic acids is 1. The molecule has 20 heavy (non-hydrogen) atoms. The fourth-order valence-corrected chi connectivity index (χ4v) is 4.41. The van der Waals surface area contributed by atoms with Crippen LogP contribution in [0, 0.1) is 13.8 Å². The fourth-order valence-electron chi connectivity index (χ4n) is 2.65. The number of rotatable bonds is 3. The first kappa shape index (κ1) is 13.7. The Morgan fingerprint density at radius 3 is 3.10 bits per heavy atom. The maximum atomic E-state index is 12.1. The summed E-state index contributed by atoms with van der Waals surface area (Å²) >= 11 is 3.12. The molecule has 0 aliphatic heterocycles. The molecule has 4 nitrogen and oxygen atoms in total. The third-order valence-corrected chi connectivity index (χ3v) is 5.45. The van der Waals surface area contributed by atoms with Crippen molar-refractivity contribution in [2.24, 2.45) is 0 Å². The van der Waals surface area contributed by atoms with E-state index in [0.29, 0.717) is 18.0 Å². The SMILES string of the molecule is Cc1nc2c(s1)CCC[C@H]2CNC(=O)c1csnc1C. The van der Waals surface area contributed by atoms with Crippen molar-refractivity contribution >= 4 is 28.8 Å².